The van der Waals surface area contributed by atoms with Crippen LogP contribution in [0.2, 0.25) is 5.02 Å². The van der Waals surface area contributed by atoms with Gasteiger partial charge in [0.15, 0.2) is 11.5 Å². The van der Waals surface area contributed by atoms with Crippen LogP contribution < -0.4 is 16.2 Å². The van der Waals surface area contributed by atoms with E-state index in [2.05, 4.69) is 0 Å². The molecule has 0 amide bonds. The molecule has 0 aliphatic heterocycles. The number of hydrogen-bond donors (Lipinski definition) is 5. The lowest BCUT2D eigenvalue weighted by Gasteiger charge is -2.14. The number of aliphatic carboxylic acids is 2. The molecule has 0 aliphatic rings. The lowest BCUT2D eigenvalue weighted by atomic mass is 10.1. The van der Waals surface area contributed by atoms with Gasteiger partial charge in [0.2, 0.25) is 0 Å². The fraction of sp³-hybridized carbons (Fsp3) is 0.125. The molecule has 0 heterocycles. The molecule has 2 unspecified atom stereocenters. The van der Waals surface area contributed by atoms with Crippen molar-refractivity contribution in [2.75, 3.05) is 0 Å². The average molecular weight is 367 g/mol. The number of aromatic hydroxyl groups is 1. The van der Waals surface area contributed by atoms with Crippen LogP contribution >= 0.6 is 11.6 Å². The average Bonchev–Trinajstić information content (AvgIpc) is 2.56. The van der Waals surface area contributed by atoms with E-state index in [1.54, 1.807) is 0 Å². The first-order valence-corrected chi connectivity index (χ1v) is 7.35. The van der Waals surface area contributed by atoms with E-state index in [-0.39, 0.29) is 33.4 Å². The number of hydrogen-bond acceptors (Lipinski definition) is 6. The van der Waals surface area contributed by atoms with Crippen molar-refractivity contribution in [2.24, 2.45) is 11.5 Å². The van der Waals surface area contributed by atoms with Crippen molar-refractivity contribution in [3.63, 3.8) is 0 Å². The third kappa shape index (κ3) is 4.18. The minimum Gasteiger partial charge on any atom is -0.504 e. The number of nitrogens with two attached hydrogens (primary N) is 2. The number of phenolic OH excluding ortho intramolecular Hbond substituents is 1. The van der Waals surface area contributed by atoms with Crippen molar-refractivity contribution in [1.29, 1.82) is 0 Å². The summed E-state index contributed by atoms with van der Waals surface area (Å²) in [6.45, 7) is 0. The van der Waals surface area contributed by atoms with E-state index in [1.165, 1.54) is 36.4 Å². The van der Waals surface area contributed by atoms with Crippen LogP contribution in [0.25, 0.3) is 0 Å². The van der Waals surface area contributed by atoms with Gasteiger partial charge in [-0.05, 0) is 35.4 Å². The molecular weight excluding hydrogens is 352 g/mol. The first kappa shape index (κ1) is 18.5. The Morgan fingerprint density at radius 3 is 1.96 bits per heavy atom. The maximum atomic E-state index is 11.0. The highest BCUT2D eigenvalue weighted by atomic mass is 35.5. The Bertz CT molecular complexity index is 826. The van der Waals surface area contributed by atoms with E-state index in [0.717, 1.165) is 0 Å². The van der Waals surface area contributed by atoms with Crippen molar-refractivity contribution in [3.8, 4) is 17.2 Å². The Kier molecular flexibility index (Phi) is 5.48. The molecule has 0 bridgehead atoms. The van der Waals surface area contributed by atoms with Gasteiger partial charge in [0, 0.05) is 0 Å². The number of carboxylic acid groups (broad SMARTS) is 2. The summed E-state index contributed by atoms with van der Waals surface area (Å²) in [7, 11) is 0. The number of ether oxygens (including phenoxy) is 1. The van der Waals surface area contributed by atoms with E-state index < -0.39 is 24.0 Å². The van der Waals surface area contributed by atoms with Gasteiger partial charge in [-0.25, -0.2) is 0 Å². The largest absolute Gasteiger partial charge is 0.504 e. The van der Waals surface area contributed by atoms with Gasteiger partial charge in [-0.15, -0.1) is 0 Å². The molecule has 0 aliphatic carbocycles. The zero-order valence-electron chi connectivity index (χ0n) is 12.7. The second kappa shape index (κ2) is 7.39. The van der Waals surface area contributed by atoms with Gasteiger partial charge >= 0.3 is 11.9 Å². The molecule has 2 aromatic rings. The molecule has 25 heavy (non-hydrogen) atoms. The fourth-order valence-corrected chi connectivity index (χ4v) is 2.23. The van der Waals surface area contributed by atoms with E-state index in [1.807, 2.05) is 0 Å². The van der Waals surface area contributed by atoms with Crippen molar-refractivity contribution in [1.82, 2.24) is 0 Å². The molecular formula is C16H15ClN2O6. The Labute approximate surface area is 147 Å². The standard InChI is InChI=1S/C16H15ClN2O6/c17-9-5-7(13(18)15(21)22)2-4-11(9)25-12-6-8(1-3-10(12)20)14(19)16(23)24/h1-6,13-14,20H,18-19H2,(H,21,22)(H,23,24). The van der Waals surface area contributed by atoms with Gasteiger partial charge < -0.3 is 31.5 Å². The van der Waals surface area contributed by atoms with Crippen molar-refractivity contribution < 1.29 is 29.6 Å². The molecule has 0 saturated carbocycles. The molecule has 0 fully saturated rings. The topological polar surface area (TPSA) is 156 Å². The molecule has 132 valence electrons. The lowest BCUT2D eigenvalue weighted by molar-refractivity contribution is -0.139. The molecule has 7 N–H and O–H groups in total. The van der Waals surface area contributed by atoms with Crippen LogP contribution in [-0.2, 0) is 9.59 Å². The second-order valence-electron chi connectivity index (χ2n) is 5.15. The van der Waals surface area contributed by atoms with Crippen LogP contribution in [0, 0.1) is 0 Å². The summed E-state index contributed by atoms with van der Waals surface area (Å²) in [4.78, 5) is 21.9. The summed E-state index contributed by atoms with van der Waals surface area (Å²) < 4.78 is 5.49. The Balaban J connectivity index is 2.32. The van der Waals surface area contributed by atoms with Gasteiger partial charge in [0.05, 0.1) is 5.02 Å². The van der Waals surface area contributed by atoms with Crippen LogP contribution in [0.4, 0.5) is 0 Å². The van der Waals surface area contributed by atoms with Crippen molar-refractivity contribution in [2.45, 2.75) is 12.1 Å². The molecule has 0 spiro atoms. The number of rotatable bonds is 6. The Morgan fingerprint density at radius 1 is 0.920 bits per heavy atom. The fourth-order valence-electron chi connectivity index (χ4n) is 2.00. The highest BCUT2D eigenvalue weighted by Gasteiger charge is 2.19. The molecule has 8 nitrogen and oxygen atoms in total. The van der Waals surface area contributed by atoms with Gasteiger partial charge in [0.1, 0.15) is 17.8 Å². The van der Waals surface area contributed by atoms with E-state index in [9.17, 15) is 14.7 Å². The van der Waals surface area contributed by atoms with Crippen LogP contribution in [0.3, 0.4) is 0 Å². The predicted molar refractivity (Wildman–Crippen MR) is 88.8 cm³/mol. The van der Waals surface area contributed by atoms with Gasteiger partial charge in [-0.2, -0.15) is 0 Å². The maximum Gasteiger partial charge on any atom is 0.325 e. The van der Waals surface area contributed by atoms with E-state index >= 15 is 0 Å². The SMILES string of the molecule is NC(C(=O)O)c1ccc(Oc2cc(C(N)C(=O)O)ccc2O)c(Cl)c1. The molecule has 0 aromatic heterocycles. The zero-order chi connectivity index (χ0) is 18.7. The molecule has 0 radical (unpaired) electrons. The summed E-state index contributed by atoms with van der Waals surface area (Å²) in [5.74, 6) is -2.62. The molecule has 9 heteroatoms. The molecule has 2 rings (SSSR count). The highest BCUT2D eigenvalue weighted by Crippen LogP contribution is 2.36. The smallest absolute Gasteiger partial charge is 0.325 e. The van der Waals surface area contributed by atoms with E-state index in [4.69, 9.17) is 38.0 Å². The van der Waals surface area contributed by atoms with Crippen LogP contribution in [0.15, 0.2) is 36.4 Å². The molecule has 2 aromatic carbocycles. The zero-order valence-corrected chi connectivity index (χ0v) is 13.5. The first-order valence-electron chi connectivity index (χ1n) is 6.97. The second-order valence-corrected chi connectivity index (χ2v) is 5.56. The number of phenols is 1. The summed E-state index contributed by atoms with van der Waals surface area (Å²) in [5, 5.41) is 27.8. The highest BCUT2D eigenvalue weighted by molar-refractivity contribution is 6.32. The number of benzene rings is 2. The quantitative estimate of drug-likeness (QED) is 0.519. The molecule has 2 atom stereocenters. The molecule has 0 saturated heterocycles. The number of carboxylic acids is 2. The van der Waals surface area contributed by atoms with Crippen LogP contribution in [-0.4, -0.2) is 27.3 Å². The van der Waals surface area contributed by atoms with Crippen LogP contribution in [0.1, 0.15) is 23.2 Å². The van der Waals surface area contributed by atoms with Crippen molar-refractivity contribution in [3.05, 3.63) is 52.5 Å². The Hall–Kier alpha value is -2.81. The summed E-state index contributed by atoms with van der Waals surface area (Å²) in [6, 6.07) is 5.51. The van der Waals surface area contributed by atoms with Crippen LogP contribution in [0.5, 0.6) is 17.2 Å². The lowest BCUT2D eigenvalue weighted by Crippen LogP contribution is -2.20. The predicted octanol–water partition coefficient (Wildman–Crippen LogP) is 2.01. The normalized spacial score (nSPS) is 13.1. The van der Waals surface area contributed by atoms with Gasteiger partial charge in [0.25, 0.3) is 0 Å². The summed E-state index contributed by atoms with van der Waals surface area (Å²) in [6.07, 6.45) is 0. The Morgan fingerprint density at radius 2 is 1.44 bits per heavy atom. The van der Waals surface area contributed by atoms with Gasteiger partial charge in [-0.3, -0.25) is 9.59 Å². The number of carbonyl (C=O) groups is 2. The summed E-state index contributed by atoms with van der Waals surface area (Å²) in [5.41, 5.74) is 11.5. The summed E-state index contributed by atoms with van der Waals surface area (Å²) >= 11 is 6.06. The third-order valence-corrected chi connectivity index (χ3v) is 3.71. The third-order valence-electron chi connectivity index (χ3n) is 3.41. The first-order chi connectivity index (χ1) is 11.7. The van der Waals surface area contributed by atoms with E-state index in [0.29, 0.717) is 0 Å². The minimum absolute atomic E-state index is 0.0496. The monoisotopic (exact) mass is 366 g/mol. The maximum absolute atomic E-state index is 11.0. The van der Waals surface area contributed by atoms with Gasteiger partial charge in [-0.1, -0.05) is 23.7 Å². The van der Waals surface area contributed by atoms with Crippen molar-refractivity contribution >= 4 is 23.5 Å². The number of halogens is 1. The minimum atomic E-state index is -1.28.